The topological polar surface area (TPSA) is 78.9 Å². The maximum absolute atomic E-state index is 12.8. The molecule has 0 aromatic heterocycles. The summed E-state index contributed by atoms with van der Waals surface area (Å²) < 4.78 is 16.7. The Morgan fingerprint density at radius 1 is 0.333 bits per heavy atom. The lowest BCUT2D eigenvalue weighted by Crippen LogP contribution is -2.30. The molecule has 360 valence electrons. The summed E-state index contributed by atoms with van der Waals surface area (Å²) >= 11 is 0. The van der Waals surface area contributed by atoms with Crippen LogP contribution in [0.3, 0.4) is 0 Å². The molecule has 0 N–H and O–H groups in total. The zero-order valence-electron chi connectivity index (χ0n) is 41.1. The predicted octanol–water partition coefficient (Wildman–Crippen LogP) is 17.2. The van der Waals surface area contributed by atoms with Crippen molar-refractivity contribution < 1.29 is 28.6 Å². The van der Waals surface area contributed by atoms with Crippen molar-refractivity contribution in [1.29, 1.82) is 0 Å². The van der Waals surface area contributed by atoms with Gasteiger partial charge in [0.2, 0.25) is 0 Å². The van der Waals surface area contributed by atoms with Crippen molar-refractivity contribution >= 4 is 17.9 Å². The van der Waals surface area contributed by atoms with Crippen LogP contribution in [0.2, 0.25) is 0 Å². The molecule has 0 aromatic carbocycles. The van der Waals surface area contributed by atoms with Crippen LogP contribution >= 0.6 is 0 Å². The number of carbonyl (C=O) groups is 3. The highest BCUT2D eigenvalue weighted by molar-refractivity contribution is 5.71. The summed E-state index contributed by atoms with van der Waals surface area (Å²) in [5.74, 6) is -0.967. The Kier molecular flexibility index (Phi) is 48.5. The van der Waals surface area contributed by atoms with Gasteiger partial charge in [-0.1, -0.05) is 215 Å². The van der Waals surface area contributed by atoms with E-state index in [1.807, 2.05) is 0 Å². The Morgan fingerprint density at radius 3 is 1.00 bits per heavy atom. The van der Waals surface area contributed by atoms with Gasteiger partial charge >= 0.3 is 17.9 Å². The highest BCUT2D eigenvalue weighted by atomic mass is 16.6. The summed E-state index contributed by atoms with van der Waals surface area (Å²) in [5.41, 5.74) is 0. The molecule has 0 amide bonds. The Labute approximate surface area is 388 Å². The van der Waals surface area contributed by atoms with Gasteiger partial charge in [0.1, 0.15) is 13.2 Å². The van der Waals surface area contributed by atoms with E-state index in [0.717, 1.165) is 109 Å². The molecule has 0 heterocycles. The van der Waals surface area contributed by atoms with E-state index in [1.165, 1.54) is 89.9 Å². The number of ether oxygens (including phenoxy) is 3. The molecule has 0 fully saturated rings. The van der Waals surface area contributed by atoms with Crippen LogP contribution in [-0.4, -0.2) is 37.2 Å². The van der Waals surface area contributed by atoms with Crippen molar-refractivity contribution in [3.05, 3.63) is 85.1 Å². The second-order valence-electron chi connectivity index (χ2n) is 17.0. The number of hydrogen-bond donors (Lipinski definition) is 0. The molecule has 0 radical (unpaired) electrons. The van der Waals surface area contributed by atoms with E-state index < -0.39 is 6.10 Å². The largest absolute Gasteiger partial charge is 0.462 e. The first-order valence-corrected chi connectivity index (χ1v) is 26.1. The minimum Gasteiger partial charge on any atom is -0.462 e. The molecule has 0 saturated heterocycles. The van der Waals surface area contributed by atoms with Crippen LogP contribution in [0.15, 0.2) is 85.1 Å². The van der Waals surface area contributed by atoms with Gasteiger partial charge in [-0.3, -0.25) is 14.4 Å². The summed E-state index contributed by atoms with van der Waals surface area (Å²) in [6.07, 6.45) is 65.9. The van der Waals surface area contributed by atoms with E-state index in [9.17, 15) is 14.4 Å². The van der Waals surface area contributed by atoms with Crippen molar-refractivity contribution in [3.63, 3.8) is 0 Å². The zero-order chi connectivity index (χ0) is 45.8. The second kappa shape index (κ2) is 51.2. The molecule has 1 unspecified atom stereocenters. The molecule has 0 spiro atoms. The Hall–Kier alpha value is -3.41. The van der Waals surface area contributed by atoms with Crippen LogP contribution in [0, 0.1) is 0 Å². The van der Waals surface area contributed by atoms with Gasteiger partial charge in [0, 0.05) is 19.3 Å². The first kappa shape index (κ1) is 59.6. The molecule has 1 atom stereocenters. The van der Waals surface area contributed by atoms with Gasteiger partial charge in [-0.15, -0.1) is 0 Å². The summed E-state index contributed by atoms with van der Waals surface area (Å²) in [6.45, 7) is 6.35. The fourth-order valence-corrected chi connectivity index (χ4v) is 7.04. The van der Waals surface area contributed by atoms with E-state index in [0.29, 0.717) is 19.3 Å². The molecular formula is C57H96O6. The summed E-state index contributed by atoms with van der Waals surface area (Å²) in [4.78, 5) is 37.9. The molecule has 0 aliphatic carbocycles. The van der Waals surface area contributed by atoms with E-state index in [4.69, 9.17) is 14.2 Å². The highest BCUT2D eigenvalue weighted by Crippen LogP contribution is 2.15. The highest BCUT2D eigenvalue weighted by Gasteiger charge is 2.19. The minimum absolute atomic E-state index is 0.103. The fourth-order valence-electron chi connectivity index (χ4n) is 7.04. The monoisotopic (exact) mass is 877 g/mol. The van der Waals surface area contributed by atoms with Gasteiger partial charge < -0.3 is 14.2 Å². The SMILES string of the molecule is CC/C=C\C/C=C\C/C=C\C/C=C\C/C=C\CCCCCC(=O)OCC(COC(=O)CCCC/C=C\C/C=C\CC)OC(=O)CCCCCCCCCCCCCCCCCCC. The van der Waals surface area contributed by atoms with Crippen molar-refractivity contribution in [3.8, 4) is 0 Å². The van der Waals surface area contributed by atoms with Crippen molar-refractivity contribution in [2.24, 2.45) is 0 Å². The van der Waals surface area contributed by atoms with Crippen LogP contribution in [0.25, 0.3) is 0 Å². The van der Waals surface area contributed by atoms with Crippen LogP contribution in [0.4, 0.5) is 0 Å². The Morgan fingerprint density at radius 2 is 0.619 bits per heavy atom. The number of allylic oxidation sites excluding steroid dienone is 14. The maximum Gasteiger partial charge on any atom is 0.306 e. The Balaban J connectivity index is 4.38. The zero-order valence-corrected chi connectivity index (χ0v) is 41.1. The third-order valence-electron chi connectivity index (χ3n) is 10.9. The standard InChI is InChI=1S/C57H96O6/c1-4-7-10-13-16-19-21-23-25-27-28-30-31-33-35-38-41-44-47-50-56(59)62-53-54(52-61-55(58)49-46-43-40-37-18-15-12-9-6-3)63-57(60)51-48-45-42-39-36-34-32-29-26-24-22-20-17-14-11-8-5-2/h7,9-10,12,16,18-19,23,25,28,30,33,35,37,54H,4-6,8,11,13-15,17,20-22,24,26-27,29,31-32,34,36,38-53H2,1-3H3/b10-7-,12-9-,19-16-,25-23-,30-28-,35-33-,37-18-. The van der Waals surface area contributed by atoms with Crippen molar-refractivity contribution in [2.75, 3.05) is 13.2 Å². The first-order chi connectivity index (χ1) is 31.0. The second-order valence-corrected chi connectivity index (χ2v) is 17.0. The van der Waals surface area contributed by atoms with Crippen LogP contribution in [-0.2, 0) is 28.6 Å². The van der Waals surface area contributed by atoms with Gasteiger partial charge in [0.25, 0.3) is 0 Å². The summed E-state index contributed by atoms with van der Waals surface area (Å²) in [5, 5.41) is 0. The molecule has 63 heavy (non-hydrogen) atoms. The van der Waals surface area contributed by atoms with Crippen LogP contribution in [0.1, 0.15) is 239 Å². The lowest BCUT2D eigenvalue weighted by atomic mass is 10.0. The van der Waals surface area contributed by atoms with Crippen molar-refractivity contribution in [1.82, 2.24) is 0 Å². The van der Waals surface area contributed by atoms with Gasteiger partial charge in [-0.25, -0.2) is 0 Å². The van der Waals surface area contributed by atoms with E-state index >= 15 is 0 Å². The minimum atomic E-state index is -0.800. The quantitative estimate of drug-likeness (QED) is 0.0262. The number of rotatable bonds is 46. The molecule has 0 aliphatic rings. The van der Waals surface area contributed by atoms with Gasteiger partial charge in [0.05, 0.1) is 0 Å². The lowest BCUT2D eigenvalue weighted by molar-refractivity contribution is -0.167. The van der Waals surface area contributed by atoms with E-state index in [1.54, 1.807) is 0 Å². The summed E-state index contributed by atoms with van der Waals surface area (Å²) in [7, 11) is 0. The van der Waals surface area contributed by atoms with Gasteiger partial charge in [-0.2, -0.15) is 0 Å². The molecule has 0 aromatic rings. The average molecular weight is 877 g/mol. The first-order valence-electron chi connectivity index (χ1n) is 26.1. The number of carbonyl (C=O) groups excluding carboxylic acids is 3. The molecule has 6 heteroatoms. The molecule has 6 nitrogen and oxygen atoms in total. The smallest absolute Gasteiger partial charge is 0.306 e. The van der Waals surface area contributed by atoms with Crippen LogP contribution < -0.4 is 0 Å². The van der Waals surface area contributed by atoms with Gasteiger partial charge in [0.15, 0.2) is 6.10 Å². The van der Waals surface area contributed by atoms with Crippen molar-refractivity contribution in [2.45, 2.75) is 245 Å². The fraction of sp³-hybridized carbons (Fsp3) is 0.702. The third-order valence-corrected chi connectivity index (χ3v) is 10.9. The van der Waals surface area contributed by atoms with Gasteiger partial charge in [-0.05, 0) is 89.9 Å². The number of unbranched alkanes of at least 4 members (excludes halogenated alkanes) is 21. The van der Waals surface area contributed by atoms with E-state index in [-0.39, 0.29) is 31.1 Å². The molecule has 0 bridgehead atoms. The molecule has 0 saturated carbocycles. The number of esters is 3. The molecule has 0 rings (SSSR count). The maximum atomic E-state index is 12.8. The third kappa shape index (κ3) is 49.5. The lowest BCUT2D eigenvalue weighted by Gasteiger charge is -2.18. The Bertz CT molecular complexity index is 1240. The van der Waals surface area contributed by atoms with Crippen LogP contribution in [0.5, 0.6) is 0 Å². The van der Waals surface area contributed by atoms with E-state index in [2.05, 4.69) is 106 Å². The normalized spacial score (nSPS) is 12.7. The predicted molar refractivity (Wildman–Crippen MR) is 270 cm³/mol. The average Bonchev–Trinajstić information content (AvgIpc) is 3.28. The summed E-state index contributed by atoms with van der Waals surface area (Å²) in [6, 6.07) is 0. The number of hydrogen-bond acceptors (Lipinski definition) is 6. The molecular weight excluding hydrogens is 781 g/mol. The molecule has 0 aliphatic heterocycles.